The molecule has 0 aromatic heterocycles. The van der Waals surface area contributed by atoms with Crippen molar-refractivity contribution in [3.8, 4) is 0 Å². The fraction of sp³-hybridized carbons (Fsp3) is 0.619. The molecule has 0 spiro atoms. The maximum Gasteiger partial charge on any atom is 0.338 e. The molecule has 1 heterocycles. The molecule has 1 aliphatic heterocycles. The van der Waals surface area contributed by atoms with E-state index < -0.39 is 16.0 Å². The van der Waals surface area contributed by atoms with Crippen molar-refractivity contribution in [1.29, 1.82) is 0 Å². The Balaban J connectivity index is 1.52. The van der Waals surface area contributed by atoms with E-state index in [1.165, 1.54) is 35.0 Å². The van der Waals surface area contributed by atoms with Gasteiger partial charge in [-0.1, -0.05) is 26.7 Å². The topological polar surface area (TPSA) is 102 Å². The lowest BCUT2D eigenvalue weighted by Crippen LogP contribution is -2.45. The molecule has 0 unspecified atom stereocenters. The number of benzene rings is 1. The van der Waals surface area contributed by atoms with E-state index in [1.54, 1.807) is 0 Å². The second-order valence-electron chi connectivity index (χ2n) is 8.06. The number of nitrogens with zero attached hydrogens (tertiary/aromatic N) is 1. The molecule has 1 aromatic carbocycles. The fourth-order valence-electron chi connectivity index (χ4n) is 3.95. The van der Waals surface area contributed by atoms with Crippen LogP contribution in [0.4, 0.5) is 0 Å². The van der Waals surface area contributed by atoms with Crippen LogP contribution in [-0.2, 0) is 24.3 Å². The van der Waals surface area contributed by atoms with E-state index in [0.717, 1.165) is 12.8 Å². The Morgan fingerprint density at radius 3 is 2.47 bits per heavy atom. The van der Waals surface area contributed by atoms with Gasteiger partial charge in [-0.05, 0) is 42.5 Å². The minimum atomic E-state index is -3.62. The van der Waals surface area contributed by atoms with Gasteiger partial charge in [0.1, 0.15) is 0 Å². The Kier molecular flexibility index (Phi) is 7.49. The number of ether oxygens (including phenoxy) is 2. The molecule has 3 atom stereocenters. The Labute approximate surface area is 178 Å². The van der Waals surface area contributed by atoms with Crippen molar-refractivity contribution in [2.45, 2.75) is 44.0 Å². The van der Waals surface area contributed by atoms with Crippen LogP contribution in [0.1, 0.15) is 43.5 Å². The maximum absolute atomic E-state index is 12.6. The Hall–Kier alpha value is -1.97. The zero-order chi connectivity index (χ0) is 21.7. The maximum atomic E-state index is 12.6. The molecule has 1 saturated heterocycles. The van der Waals surface area contributed by atoms with Crippen LogP contribution in [0.3, 0.4) is 0 Å². The zero-order valence-corrected chi connectivity index (χ0v) is 18.3. The second kappa shape index (κ2) is 9.89. The molecule has 2 fully saturated rings. The van der Waals surface area contributed by atoms with Gasteiger partial charge in [-0.2, -0.15) is 4.31 Å². The molecular weight excluding hydrogens is 408 g/mol. The summed E-state index contributed by atoms with van der Waals surface area (Å²) in [6, 6.07) is 5.67. The minimum Gasteiger partial charge on any atom is -0.452 e. The quantitative estimate of drug-likeness (QED) is 0.680. The summed E-state index contributed by atoms with van der Waals surface area (Å²) in [6.07, 6.45) is 3.18. The van der Waals surface area contributed by atoms with Crippen molar-refractivity contribution in [3.05, 3.63) is 29.8 Å². The molecule has 1 amide bonds. The van der Waals surface area contributed by atoms with E-state index in [4.69, 9.17) is 9.47 Å². The summed E-state index contributed by atoms with van der Waals surface area (Å²) in [5.41, 5.74) is 0.198. The molecule has 166 valence electrons. The standard InChI is InChI=1S/C21H30N2O6S/c1-15-4-3-5-19(16(15)2)22-20(24)14-29-21(25)17-6-8-18(9-7-17)30(26,27)23-10-12-28-13-11-23/h6-9,15-16,19H,3-5,10-14H2,1-2H3,(H,22,24)/t15-,16-,19+/m1/s1. The number of carbonyl (C=O) groups excluding carboxylic acids is 2. The average Bonchev–Trinajstić information content (AvgIpc) is 2.76. The van der Waals surface area contributed by atoms with E-state index in [2.05, 4.69) is 19.2 Å². The predicted octanol–water partition coefficient (Wildman–Crippen LogP) is 1.81. The van der Waals surface area contributed by atoms with E-state index in [1.807, 2.05) is 0 Å². The van der Waals surface area contributed by atoms with Crippen LogP contribution in [-0.4, -0.2) is 63.6 Å². The molecule has 0 radical (unpaired) electrons. The SMILES string of the molecule is C[C@@H]1[C@H](C)CCC[C@@H]1NC(=O)COC(=O)c1ccc(S(=O)(=O)N2CCOCC2)cc1. The van der Waals surface area contributed by atoms with Crippen molar-refractivity contribution in [1.82, 2.24) is 9.62 Å². The number of carbonyl (C=O) groups is 2. The number of amides is 1. The van der Waals surface area contributed by atoms with Crippen molar-refractivity contribution < 1.29 is 27.5 Å². The van der Waals surface area contributed by atoms with Crippen LogP contribution < -0.4 is 5.32 Å². The Bertz CT molecular complexity index is 849. The Morgan fingerprint density at radius 1 is 1.13 bits per heavy atom. The molecule has 1 aromatic rings. The van der Waals surface area contributed by atoms with Gasteiger partial charge >= 0.3 is 5.97 Å². The predicted molar refractivity (Wildman–Crippen MR) is 110 cm³/mol. The minimum absolute atomic E-state index is 0.102. The van der Waals surface area contributed by atoms with Gasteiger partial charge in [0.05, 0.1) is 23.7 Å². The van der Waals surface area contributed by atoms with E-state index in [0.29, 0.717) is 38.1 Å². The summed E-state index contributed by atoms with van der Waals surface area (Å²) < 4.78 is 36.9. The van der Waals surface area contributed by atoms with E-state index in [-0.39, 0.29) is 29.0 Å². The zero-order valence-electron chi connectivity index (χ0n) is 17.5. The normalized spacial score (nSPS) is 25.5. The third-order valence-electron chi connectivity index (χ3n) is 6.09. The van der Waals surface area contributed by atoms with Gasteiger partial charge < -0.3 is 14.8 Å². The summed E-state index contributed by atoms with van der Waals surface area (Å²) in [4.78, 5) is 24.5. The van der Waals surface area contributed by atoms with Crippen molar-refractivity contribution in [2.24, 2.45) is 11.8 Å². The van der Waals surface area contributed by atoms with Crippen LogP contribution in [0.15, 0.2) is 29.2 Å². The highest BCUT2D eigenvalue weighted by atomic mass is 32.2. The number of sulfonamides is 1. The molecule has 2 aliphatic rings. The number of morpholine rings is 1. The number of hydrogen-bond acceptors (Lipinski definition) is 6. The van der Waals surface area contributed by atoms with E-state index >= 15 is 0 Å². The lowest BCUT2D eigenvalue weighted by atomic mass is 9.78. The molecule has 1 saturated carbocycles. The molecule has 0 bridgehead atoms. The first kappa shape index (κ1) is 22.7. The van der Waals surface area contributed by atoms with Crippen LogP contribution in [0, 0.1) is 11.8 Å². The first-order valence-electron chi connectivity index (χ1n) is 10.4. The van der Waals surface area contributed by atoms with Gasteiger partial charge in [0.25, 0.3) is 5.91 Å². The monoisotopic (exact) mass is 438 g/mol. The summed E-state index contributed by atoms with van der Waals surface area (Å²) in [5.74, 6) is -0.0374. The molecule has 1 aliphatic carbocycles. The average molecular weight is 439 g/mol. The van der Waals surface area contributed by atoms with Gasteiger partial charge in [-0.3, -0.25) is 4.79 Å². The molecule has 9 heteroatoms. The van der Waals surface area contributed by atoms with E-state index in [9.17, 15) is 18.0 Å². The first-order chi connectivity index (χ1) is 14.3. The third kappa shape index (κ3) is 5.39. The van der Waals surface area contributed by atoms with Crippen LogP contribution >= 0.6 is 0 Å². The van der Waals surface area contributed by atoms with Crippen LogP contribution in [0.25, 0.3) is 0 Å². The lowest BCUT2D eigenvalue weighted by Gasteiger charge is -2.34. The van der Waals surface area contributed by atoms with Gasteiger partial charge in [0.15, 0.2) is 6.61 Å². The summed E-state index contributed by atoms with van der Waals surface area (Å²) in [7, 11) is -3.62. The van der Waals surface area contributed by atoms with Crippen molar-refractivity contribution in [3.63, 3.8) is 0 Å². The Morgan fingerprint density at radius 2 is 1.80 bits per heavy atom. The number of nitrogens with one attached hydrogen (secondary N) is 1. The smallest absolute Gasteiger partial charge is 0.338 e. The van der Waals surface area contributed by atoms with Crippen molar-refractivity contribution in [2.75, 3.05) is 32.9 Å². The van der Waals surface area contributed by atoms with Gasteiger partial charge in [0, 0.05) is 19.1 Å². The lowest BCUT2D eigenvalue weighted by molar-refractivity contribution is -0.125. The van der Waals surface area contributed by atoms with Gasteiger partial charge in [-0.15, -0.1) is 0 Å². The first-order valence-corrected chi connectivity index (χ1v) is 11.9. The highest BCUT2D eigenvalue weighted by Crippen LogP contribution is 2.29. The van der Waals surface area contributed by atoms with Crippen LogP contribution in [0.2, 0.25) is 0 Å². The fourth-order valence-corrected chi connectivity index (χ4v) is 5.36. The molecule has 1 N–H and O–H groups in total. The summed E-state index contributed by atoms with van der Waals surface area (Å²) in [6.45, 7) is 5.30. The number of esters is 1. The number of hydrogen-bond donors (Lipinski definition) is 1. The van der Waals surface area contributed by atoms with Gasteiger partial charge in [0.2, 0.25) is 10.0 Å². The van der Waals surface area contributed by atoms with Crippen LogP contribution in [0.5, 0.6) is 0 Å². The summed E-state index contributed by atoms with van der Waals surface area (Å²) in [5, 5.41) is 2.96. The molecular formula is C21H30N2O6S. The van der Waals surface area contributed by atoms with Gasteiger partial charge in [-0.25, -0.2) is 13.2 Å². The molecule has 30 heavy (non-hydrogen) atoms. The largest absolute Gasteiger partial charge is 0.452 e. The third-order valence-corrected chi connectivity index (χ3v) is 8.00. The molecule has 8 nitrogen and oxygen atoms in total. The molecule has 3 rings (SSSR count). The highest BCUT2D eigenvalue weighted by Gasteiger charge is 2.29. The second-order valence-corrected chi connectivity index (χ2v) is 10.00. The summed E-state index contributed by atoms with van der Waals surface area (Å²) >= 11 is 0. The van der Waals surface area contributed by atoms with Crippen molar-refractivity contribution >= 4 is 21.9 Å². The number of rotatable bonds is 6. The highest BCUT2D eigenvalue weighted by molar-refractivity contribution is 7.89.